The van der Waals surface area contributed by atoms with Crippen LogP contribution in [0.3, 0.4) is 0 Å². The Balaban J connectivity index is 0.000000292. The van der Waals surface area contributed by atoms with Gasteiger partial charge < -0.3 is 23.9 Å². The van der Waals surface area contributed by atoms with E-state index in [4.69, 9.17) is 18.6 Å². The molecule has 4 aromatic rings. The van der Waals surface area contributed by atoms with E-state index in [1.54, 1.807) is 24.3 Å². The van der Waals surface area contributed by atoms with E-state index in [1.807, 2.05) is 48.5 Å². The van der Waals surface area contributed by atoms with Crippen LogP contribution in [0.2, 0.25) is 0 Å². The van der Waals surface area contributed by atoms with E-state index in [2.05, 4.69) is 5.32 Å². The Labute approximate surface area is 184 Å². The molecule has 0 atom stereocenters. The van der Waals surface area contributed by atoms with Crippen LogP contribution in [0.15, 0.2) is 83.5 Å². The molecule has 0 unspecified atom stereocenters. The summed E-state index contributed by atoms with van der Waals surface area (Å²) in [5.41, 5.74) is 1.26. The molecule has 3 aromatic carbocycles. The van der Waals surface area contributed by atoms with E-state index < -0.39 is 5.97 Å². The van der Waals surface area contributed by atoms with E-state index >= 15 is 0 Å². The largest absolute Gasteiger partial charge is 0.484 e. The lowest BCUT2D eigenvalue weighted by atomic mass is 10.1. The molecule has 162 valence electrons. The number of hydrogen-bond donors (Lipinski definition) is 1. The molecule has 1 aromatic heterocycles. The van der Waals surface area contributed by atoms with Crippen LogP contribution in [0.25, 0.3) is 11.0 Å². The van der Waals surface area contributed by atoms with Gasteiger partial charge in [0.05, 0.1) is 6.26 Å². The van der Waals surface area contributed by atoms with Crippen LogP contribution >= 0.6 is 0 Å². The standard InChI is InChI=1S/C19H17NO5.C6H4O/c1-13(21)25-17-9-5-8-16-14(11-24-19(16)17)10-20-18(22)12-23-15-6-3-2-4-7-15;1-2-4-6-5(3-1)7-6/h2-9,11H,10,12H2,1H3,(H,20,22);1-4H. The molecule has 1 aliphatic rings. The number of amides is 1. The minimum absolute atomic E-state index is 0.0709. The van der Waals surface area contributed by atoms with Crippen LogP contribution in [-0.2, 0) is 16.1 Å². The zero-order valence-electron chi connectivity index (χ0n) is 17.4. The lowest BCUT2D eigenvalue weighted by Gasteiger charge is -2.07. The van der Waals surface area contributed by atoms with Gasteiger partial charge in [0.1, 0.15) is 5.75 Å². The summed E-state index contributed by atoms with van der Waals surface area (Å²) in [5, 5.41) is 3.56. The molecular weight excluding hydrogens is 410 g/mol. The van der Waals surface area contributed by atoms with Gasteiger partial charge in [0.25, 0.3) is 5.91 Å². The fourth-order valence-electron chi connectivity index (χ4n) is 2.98. The van der Waals surface area contributed by atoms with Gasteiger partial charge >= 0.3 is 5.97 Å². The number of fused-ring (bicyclic) bond motifs is 2. The molecule has 0 bridgehead atoms. The van der Waals surface area contributed by atoms with Gasteiger partial charge in [-0.1, -0.05) is 42.5 Å². The summed E-state index contributed by atoms with van der Waals surface area (Å²) in [4.78, 5) is 23.1. The van der Waals surface area contributed by atoms with Gasteiger partial charge in [-0.3, -0.25) is 9.59 Å². The first-order valence-electron chi connectivity index (χ1n) is 9.99. The van der Waals surface area contributed by atoms with Crippen molar-refractivity contribution in [3.05, 3.63) is 84.6 Å². The van der Waals surface area contributed by atoms with Crippen molar-refractivity contribution < 1.29 is 28.2 Å². The lowest BCUT2D eigenvalue weighted by molar-refractivity contribution is -0.131. The molecule has 1 aliphatic heterocycles. The molecule has 0 radical (unpaired) electrons. The Bertz CT molecular complexity index is 1210. The number of benzene rings is 3. The molecule has 0 saturated carbocycles. The highest BCUT2D eigenvalue weighted by molar-refractivity contribution is 5.88. The third kappa shape index (κ3) is 5.46. The third-order valence-electron chi connectivity index (χ3n) is 4.51. The molecular formula is C25H21NO6. The number of esters is 1. The van der Waals surface area contributed by atoms with Crippen LogP contribution in [-0.4, -0.2) is 18.5 Å². The van der Waals surface area contributed by atoms with Gasteiger partial charge in [-0.05, 0) is 30.3 Å². The number of rotatable bonds is 6. The Kier molecular flexibility index (Phi) is 6.36. The SMILES string of the molecule is CC(=O)Oc1cccc2c(CNC(=O)COc3ccccc3)coc12.c1ccc2c(c1)O2. The highest BCUT2D eigenvalue weighted by Crippen LogP contribution is 2.43. The van der Waals surface area contributed by atoms with Crippen molar-refractivity contribution in [2.75, 3.05) is 6.61 Å². The number of furan rings is 1. The minimum atomic E-state index is -0.420. The molecule has 1 N–H and O–H groups in total. The third-order valence-corrected chi connectivity index (χ3v) is 4.51. The van der Waals surface area contributed by atoms with Gasteiger partial charge in [-0.15, -0.1) is 0 Å². The fraction of sp³-hybridized carbons (Fsp3) is 0.120. The number of nitrogens with one attached hydrogen (secondary N) is 1. The van der Waals surface area contributed by atoms with Crippen molar-refractivity contribution >= 4 is 22.8 Å². The van der Waals surface area contributed by atoms with Gasteiger partial charge in [0, 0.05) is 24.4 Å². The Hall–Kier alpha value is -4.26. The van der Waals surface area contributed by atoms with E-state index in [0.29, 0.717) is 17.1 Å². The quantitative estimate of drug-likeness (QED) is 0.235. The maximum Gasteiger partial charge on any atom is 0.308 e. The second-order valence-electron chi connectivity index (χ2n) is 6.91. The molecule has 1 amide bonds. The minimum Gasteiger partial charge on any atom is -0.484 e. The Morgan fingerprint density at radius 2 is 1.62 bits per heavy atom. The van der Waals surface area contributed by atoms with Crippen molar-refractivity contribution in [2.45, 2.75) is 13.5 Å². The monoisotopic (exact) mass is 431 g/mol. The molecule has 2 heterocycles. The first-order valence-corrected chi connectivity index (χ1v) is 9.99. The van der Waals surface area contributed by atoms with Gasteiger partial charge in [-0.25, -0.2) is 0 Å². The molecule has 0 fully saturated rings. The first-order chi connectivity index (χ1) is 15.6. The van der Waals surface area contributed by atoms with Crippen molar-refractivity contribution in [1.29, 1.82) is 0 Å². The van der Waals surface area contributed by atoms with Gasteiger partial charge in [0.2, 0.25) is 0 Å². The maximum atomic E-state index is 11.9. The number of hydrogen-bond acceptors (Lipinski definition) is 6. The van der Waals surface area contributed by atoms with Crippen LogP contribution in [0.5, 0.6) is 23.0 Å². The number of para-hydroxylation sites is 4. The maximum absolute atomic E-state index is 11.9. The molecule has 0 aliphatic carbocycles. The zero-order chi connectivity index (χ0) is 22.3. The Morgan fingerprint density at radius 3 is 2.31 bits per heavy atom. The highest BCUT2D eigenvalue weighted by Gasteiger charge is 2.16. The topological polar surface area (TPSA) is 90.3 Å². The summed E-state index contributed by atoms with van der Waals surface area (Å²) in [7, 11) is 0. The second-order valence-corrected chi connectivity index (χ2v) is 6.91. The fourth-order valence-corrected chi connectivity index (χ4v) is 2.98. The zero-order valence-corrected chi connectivity index (χ0v) is 17.4. The molecule has 7 nitrogen and oxygen atoms in total. The molecule has 7 heteroatoms. The van der Waals surface area contributed by atoms with Gasteiger partial charge in [-0.2, -0.15) is 0 Å². The molecule has 32 heavy (non-hydrogen) atoms. The second kappa shape index (κ2) is 9.70. The van der Waals surface area contributed by atoms with Crippen molar-refractivity contribution in [3.63, 3.8) is 0 Å². The van der Waals surface area contributed by atoms with E-state index in [0.717, 1.165) is 22.4 Å². The average molecular weight is 431 g/mol. The van der Waals surface area contributed by atoms with Crippen molar-refractivity contribution in [1.82, 2.24) is 5.32 Å². The van der Waals surface area contributed by atoms with E-state index in [-0.39, 0.29) is 19.1 Å². The number of ether oxygens (including phenoxy) is 3. The van der Waals surface area contributed by atoms with Gasteiger partial charge in [0.15, 0.2) is 29.4 Å². The Morgan fingerprint density at radius 1 is 0.906 bits per heavy atom. The summed E-state index contributed by atoms with van der Waals surface area (Å²) in [6.45, 7) is 1.54. The summed E-state index contributed by atoms with van der Waals surface area (Å²) >= 11 is 0. The van der Waals surface area contributed by atoms with Crippen molar-refractivity contribution in [3.8, 4) is 23.0 Å². The smallest absolute Gasteiger partial charge is 0.308 e. The highest BCUT2D eigenvalue weighted by atomic mass is 16.6. The van der Waals surface area contributed by atoms with E-state index in [9.17, 15) is 9.59 Å². The molecule has 0 saturated heterocycles. The van der Waals surface area contributed by atoms with E-state index in [1.165, 1.54) is 13.2 Å². The summed E-state index contributed by atoms with van der Waals surface area (Å²) in [6, 6.07) is 22.2. The number of carbonyl (C=O) groups excluding carboxylic acids is 2. The average Bonchev–Trinajstić information content (AvgIpc) is 3.48. The van der Waals surface area contributed by atoms with Crippen LogP contribution < -0.4 is 19.5 Å². The van der Waals surface area contributed by atoms with Crippen LogP contribution in [0.4, 0.5) is 0 Å². The van der Waals surface area contributed by atoms with Crippen LogP contribution in [0.1, 0.15) is 12.5 Å². The first kappa shape index (κ1) is 21.0. The number of carbonyl (C=O) groups is 2. The molecule has 5 rings (SSSR count). The normalized spacial score (nSPS) is 10.8. The summed E-state index contributed by atoms with van der Waals surface area (Å²) in [5.74, 6) is 2.39. The summed E-state index contributed by atoms with van der Waals surface area (Å²) < 4.78 is 20.9. The predicted octanol–water partition coefficient (Wildman–Crippen LogP) is 4.85. The molecule has 0 spiro atoms. The lowest BCUT2D eigenvalue weighted by Crippen LogP contribution is -2.28. The predicted molar refractivity (Wildman–Crippen MR) is 118 cm³/mol. The summed E-state index contributed by atoms with van der Waals surface area (Å²) in [6.07, 6.45) is 1.54. The van der Waals surface area contributed by atoms with Crippen LogP contribution in [0, 0.1) is 0 Å². The van der Waals surface area contributed by atoms with Crippen molar-refractivity contribution in [2.24, 2.45) is 0 Å².